The van der Waals surface area contributed by atoms with Gasteiger partial charge >= 0.3 is 5.97 Å². The predicted octanol–water partition coefficient (Wildman–Crippen LogP) is 7.28. The van der Waals surface area contributed by atoms with Gasteiger partial charge in [0.1, 0.15) is 17.9 Å². The van der Waals surface area contributed by atoms with Crippen LogP contribution in [0, 0.1) is 24.0 Å². The third kappa shape index (κ3) is 8.41. The molecule has 0 spiro atoms. The number of rotatable bonds is 13. The van der Waals surface area contributed by atoms with Crippen molar-refractivity contribution in [2.45, 2.75) is 77.3 Å². The van der Waals surface area contributed by atoms with Gasteiger partial charge in [0, 0.05) is 36.2 Å². The summed E-state index contributed by atoms with van der Waals surface area (Å²) in [6.07, 6.45) is 4.79. The minimum atomic E-state index is -3.74. The molecule has 1 fully saturated rings. The van der Waals surface area contributed by atoms with Crippen LogP contribution in [0.2, 0.25) is 0 Å². The largest absolute Gasteiger partial charge is 0.478 e. The van der Waals surface area contributed by atoms with E-state index in [1.54, 1.807) is 12.3 Å². The Morgan fingerprint density at radius 3 is 2.51 bits per heavy atom. The van der Waals surface area contributed by atoms with E-state index in [0.717, 1.165) is 52.9 Å². The zero-order valence-electron chi connectivity index (χ0n) is 28.2. The number of hydrogen-bond donors (Lipinski definition) is 4. The zero-order chi connectivity index (χ0) is 34.9. The molecule has 12 nitrogen and oxygen atoms in total. The summed E-state index contributed by atoms with van der Waals surface area (Å²) in [7, 11) is -3.74. The van der Waals surface area contributed by atoms with E-state index in [1.165, 1.54) is 24.3 Å². The van der Waals surface area contributed by atoms with Crippen LogP contribution in [0.4, 0.5) is 5.95 Å². The highest BCUT2D eigenvalue weighted by molar-refractivity contribution is 7.93. The van der Waals surface area contributed by atoms with E-state index in [0.29, 0.717) is 23.9 Å². The van der Waals surface area contributed by atoms with E-state index in [1.807, 2.05) is 38.1 Å². The fourth-order valence-electron chi connectivity index (χ4n) is 5.78. The van der Waals surface area contributed by atoms with Crippen LogP contribution < -0.4 is 14.8 Å². The molecule has 1 saturated carbocycles. The van der Waals surface area contributed by atoms with Crippen LogP contribution >= 0.6 is 0 Å². The summed E-state index contributed by atoms with van der Waals surface area (Å²) >= 11 is 0. The third-order valence-corrected chi connectivity index (χ3v) is 9.63. The van der Waals surface area contributed by atoms with Gasteiger partial charge in [-0.3, -0.25) is 4.72 Å². The van der Waals surface area contributed by atoms with Gasteiger partial charge in [0.25, 0.3) is 0 Å². The van der Waals surface area contributed by atoms with Gasteiger partial charge in [-0.2, -0.15) is 4.98 Å². The van der Waals surface area contributed by atoms with Crippen LogP contribution in [0.25, 0.3) is 22.5 Å². The number of anilines is 1. The summed E-state index contributed by atoms with van der Waals surface area (Å²) in [5.74, 6) is 0.404. The molecule has 2 unspecified atom stereocenters. The minimum absolute atomic E-state index is 0.00847. The lowest BCUT2D eigenvalue weighted by molar-refractivity contribution is 0.0696. The number of aryl methyl sites for hydroxylation is 2. The predicted molar refractivity (Wildman–Crippen MR) is 187 cm³/mol. The van der Waals surface area contributed by atoms with Crippen molar-refractivity contribution < 1.29 is 23.3 Å². The van der Waals surface area contributed by atoms with Crippen LogP contribution in [0.5, 0.6) is 5.88 Å². The maximum absolute atomic E-state index is 13.6. The molecule has 256 valence electrons. The molecule has 0 bridgehead atoms. The van der Waals surface area contributed by atoms with Crippen LogP contribution in [0.3, 0.4) is 0 Å². The van der Waals surface area contributed by atoms with Crippen molar-refractivity contribution in [2.24, 2.45) is 5.41 Å². The van der Waals surface area contributed by atoms with Crippen molar-refractivity contribution in [3.05, 3.63) is 88.9 Å². The third-order valence-electron chi connectivity index (χ3n) is 8.24. The van der Waals surface area contributed by atoms with Crippen LogP contribution in [-0.2, 0) is 16.5 Å². The second-order valence-corrected chi connectivity index (χ2v) is 15.6. The monoisotopic (exact) mass is 683 g/mol. The van der Waals surface area contributed by atoms with Crippen molar-refractivity contribution in [1.82, 2.24) is 25.3 Å². The summed E-state index contributed by atoms with van der Waals surface area (Å²) in [5.41, 5.74) is 5.35. The molecule has 0 saturated heterocycles. The SMILES string of the molecule is Cc1cccc(C)c1-c1cc(OCC(CC(C)(C)C)NCc2cnc3oc(C4CC4)cc3n2)nc(NS(=N)(=O)c2cccc(C(=O)O)c2)n1. The number of hydrogen-bond acceptors (Lipinski definition) is 10. The lowest BCUT2D eigenvalue weighted by Crippen LogP contribution is -2.37. The molecular weight excluding hydrogens is 643 g/mol. The first kappa shape index (κ1) is 34.0. The average molecular weight is 684 g/mol. The standard InChI is InChI=1S/C36H41N7O5S/c1-21-8-6-9-22(2)32(21)28-16-31(42-35(41-28)43-49(37,46)27-11-7-10-24(14-27)34(44)45)47-20-25(17-36(3,4)5)38-18-26-19-39-33-29(40-26)15-30(48-33)23-12-13-23/h6-11,14-16,19,23,25,38H,12-13,17-18,20H2,1-5H3,(H,44,45)(H2,37,41,42,43,46). The molecule has 6 rings (SSSR count). The zero-order valence-corrected chi connectivity index (χ0v) is 29.1. The number of aromatic nitrogens is 4. The Kier molecular flexibility index (Phi) is 9.41. The Morgan fingerprint density at radius 2 is 1.82 bits per heavy atom. The van der Waals surface area contributed by atoms with Gasteiger partial charge in [-0.25, -0.2) is 28.7 Å². The number of fused-ring (bicyclic) bond motifs is 1. The fourth-order valence-corrected chi connectivity index (χ4v) is 6.81. The molecule has 0 aliphatic heterocycles. The van der Waals surface area contributed by atoms with Crippen LogP contribution in [-0.4, -0.2) is 47.9 Å². The summed E-state index contributed by atoms with van der Waals surface area (Å²) in [6, 6.07) is 15.0. The van der Waals surface area contributed by atoms with Crippen molar-refractivity contribution in [3.8, 4) is 17.1 Å². The molecule has 0 amide bonds. The second-order valence-electron chi connectivity index (χ2n) is 13.8. The van der Waals surface area contributed by atoms with E-state index < -0.39 is 15.9 Å². The molecule has 13 heteroatoms. The molecule has 2 aromatic carbocycles. The number of furan rings is 1. The molecular formula is C36H41N7O5S. The first-order chi connectivity index (χ1) is 23.2. The molecule has 3 heterocycles. The lowest BCUT2D eigenvalue weighted by atomic mass is 9.88. The molecule has 49 heavy (non-hydrogen) atoms. The van der Waals surface area contributed by atoms with Gasteiger partial charge in [-0.15, -0.1) is 0 Å². The van der Waals surface area contributed by atoms with E-state index in [9.17, 15) is 14.1 Å². The molecule has 2 atom stereocenters. The van der Waals surface area contributed by atoms with Crippen LogP contribution in [0.15, 0.2) is 70.1 Å². The number of aromatic carboxylic acids is 1. The number of carboxylic acids is 1. The maximum Gasteiger partial charge on any atom is 0.335 e. The number of benzene rings is 2. The molecule has 4 N–H and O–H groups in total. The molecule has 3 aromatic heterocycles. The highest BCUT2D eigenvalue weighted by atomic mass is 32.2. The van der Waals surface area contributed by atoms with E-state index in [2.05, 4.69) is 45.8 Å². The Hall–Kier alpha value is -4.88. The van der Waals surface area contributed by atoms with E-state index in [4.69, 9.17) is 18.9 Å². The van der Waals surface area contributed by atoms with Crippen LogP contribution in [0.1, 0.15) is 78.9 Å². The highest BCUT2D eigenvalue weighted by Gasteiger charge is 2.28. The Morgan fingerprint density at radius 1 is 1.08 bits per heavy atom. The smallest absolute Gasteiger partial charge is 0.335 e. The number of nitrogens with one attached hydrogen (secondary N) is 3. The Balaban J connectivity index is 1.26. The van der Waals surface area contributed by atoms with Crippen molar-refractivity contribution in [3.63, 3.8) is 0 Å². The second kappa shape index (κ2) is 13.6. The molecule has 0 radical (unpaired) electrons. The van der Waals surface area contributed by atoms with Gasteiger partial charge in [0.15, 0.2) is 9.92 Å². The number of carboxylic acid groups (broad SMARTS) is 1. The summed E-state index contributed by atoms with van der Waals surface area (Å²) in [5, 5.41) is 13.0. The van der Waals surface area contributed by atoms with Gasteiger partial charge < -0.3 is 19.6 Å². The molecule has 1 aliphatic rings. The van der Waals surface area contributed by atoms with Crippen molar-refractivity contribution >= 4 is 33.1 Å². The highest BCUT2D eigenvalue weighted by Crippen LogP contribution is 2.41. The molecule has 1 aliphatic carbocycles. The number of ether oxygens (including phenoxy) is 1. The van der Waals surface area contributed by atoms with E-state index in [-0.39, 0.29) is 40.4 Å². The first-order valence-electron chi connectivity index (χ1n) is 16.2. The number of carbonyl (C=O) groups is 1. The normalized spacial score (nSPS) is 15.1. The van der Waals surface area contributed by atoms with Gasteiger partial charge in [0.2, 0.25) is 17.5 Å². The Bertz CT molecular complexity index is 2100. The average Bonchev–Trinajstić information content (AvgIpc) is 3.80. The summed E-state index contributed by atoms with van der Waals surface area (Å²) in [6.45, 7) is 11.2. The topological polar surface area (TPSA) is 176 Å². The molecule has 5 aromatic rings. The minimum Gasteiger partial charge on any atom is -0.478 e. The van der Waals surface area contributed by atoms with Gasteiger partial charge in [0.05, 0.1) is 28.0 Å². The van der Waals surface area contributed by atoms with Crippen molar-refractivity contribution in [2.75, 3.05) is 11.3 Å². The van der Waals surface area contributed by atoms with E-state index >= 15 is 0 Å². The maximum atomic E-state index is 13.6. The van der Waals surface area contributed by atoms with Gasteiger partial charge in [-0.05, 0) is 67.9 Å². The van der Waals surface area contributed by atoms with Crippen molar-refractivity contribution in [1.29, 1.82) is 4.78 Å². The quantitative estimate of drug-likeness (QED) is 0.0986. The fraction of sp³-hybridized carbons (Fsp3) is 0.361. The number of nitrogens with zero attached hydrogens (tertiary/aromatic N) is 4. The lowest BCUT2D eigenvalue weighted by Gasteiger charge is -2.27. The Labute approximate surface area is 285 Å². The van der Waals surface area contributed by atoms with Gasteiger partial charge in [-0.1, -0.05) is 45.0 Å². The summed E-state index contributed by atoms with van der Waals surface area (Å²) < 4.78 is 37.1. The summed E-state index contributed by atoms with van der Waals surface area (Å²) in [4.78, 5) is 29.9. The first-order valence-corrected chi connectivity index (χ1v) is 17.8.